The maximum atomic E-state index is 10.7. The molecule has 1 aromatic heterocycles. The average Bonchev–Trinajstić information content (AvgIpc) is 2.82. The third-order valence-corrected chi connectivity index (χ3v) is 4.15. The van der Waals surface area contributed by atoms with E-state index in [9.17, 15) is 5.11 Å². The number of piperidine rings is 1. The number of hydrogen-bond acceptors (Lipinski definition) is 3. The van der Waals surface area contributed by atoms with Crippen molar-refractivity contribution in [1.82, 2.24) is 14.7 Å². The highest BCUT2D eigenvalue weighted by molar-refractivity contribution is 5.08. The molecule has 3 unspecified atom stereocenters. The zero-order valence-electron chi connectivity index (χ0n) is 9.76. The first-order chi connectivity index (χ1) is 7.66. The number of aliphatic hydroxyl groups is 1. The minimum absolute atomic E-state index is 0.447. The van der Waals surface area contributed by atoms with E-state index in [1.165, 1.54) is 0 Å². The highest BCUT2D eigenvalue weighted by atomic mass is 16.3. The molecule has 1 aromatic rings. The Bertz CT molecular complexity index is 389. The van der Waals surface area contributed by atoms with Gasteiger partial charge in [0.05, 0.1) is 11.3 Å². The first-order valence-electron chi connectivity index (χ1n) is 6.09. The normalized spacial score (nSPS) is 37.9. The summed E-state index contributed by atoms with van der Waals surface area (Å²) in [4.78, 5) is 2.46. The fourth-order valence-corrected chi connectivity index (χ4v) is 3.13. The van der Waals surface area contributed by atoms with Crippen molar-refractivity contribution in [2.45, 2.75) is 24.9 Å². The van der Waals surface area contributed by atoms with Gasteiger partial charge in [-0.1, -0.05) is 0 Å². The molecule has 2 aliphatic rings. The first-order valence-corrected chi connectivity index (χ1v) is 6.09. The van der Waals surface area contributed by atoms with Gasteiger partial charge in [-0.15, -0.1) is 0 Å². The second-order valence-electron chi connectivity index (χ2n) is 5.30. The van der Waals surface area contributed by atoms with Crippen LogP contribution in [0.15, 0.2) is 12.3 Å². The standard InChI is InChI=1S/C12H19N3O/c1-14-5-3-11(13-14)8-12(16)4-7-15-6-2-10(12)9-15/h3,5,10,16H,2,4,6-9H2,1H3. The summed E-state index contributed by atoms with van der Waals surface area (Å²) < 4.78 is 1.81. The van der Waals surface area contributed by atoms with Gasteiger partial charge in [0.25, 0.3) is 0 Å². The van der Waals surface area contributed by atoms with Crippen molar-refractivity contribution in [2.75, 3.05) is 19.6 Å². The van der Waals surface area contributed by atoms with E-state index in [-0.39, 0.29) is 0 Å². The Hall–Kier alpha value is -0.870. The highest BCUT2D eigenvalue weighted by Gasteiger charge is 2.44. The van der Waals surface area contributed by atoms with E-state index in [0.29, 0.717) is 12.3 Å². The van der Waals surface area contributed by atoms with Gasteiger partial charge < -0.3 is 10.0 Å². The van der Waals surface area contributed by atoms with Crippen molar-refractivity contribution in [2.24, 2.45) is 13.0 Å². The molecule has 0 amide bonds. The molecule has 2 fully saturated rings. The Labute approximate surface area is 95.9 Å². The van der Waals surface area contributed by atoms with E-state index < -0.39 is 5.60 Å². The van der Waals surface area contributed by atoms with E-state index >= 15 is 0 Å². The maximum Gasteiger partial charge on any atom is 0.0756 e. The van der Waals surface area contributed by atoms with Crippen LogP contribution in [-0.2, 0) is 13.5 Å². The molecule has 0 aromatic carbocycles. The number of nitrogens with zero attached hydrogens (tertiary/aromatic N) is 3. The molecule has 3 heterocycles. The van der Waals surface area contributed by atoms with Gasteiger partial charge in [0.2, 0.25) is 0 Å². The number of aromatic nitrogens is 2. The van der Waals surface area contributed by atoms with Crippen molar-refractivity contribution in [3.05, 3.63) is 18.0 Å². The zero-order valence-corrected chi connectivity index (χ0v) is 9.76. The summed E-state index contributed by atoms with van der Waals surface area (Å²) in [6.07, 6.45) is 4.70. The lowest BCUT2D eigenvalue weighted by atomic mass is 9.79. The van der Waals surface area contributed by atoms with Gasteiger partial charge in [-0.2, -0.15) is 5.10 Å². The molecular weight excluding hydrogens is 202 g/mol. The van der Waals surface area contributed by atoms with Crippen molar-refractivity contribution < 1.29 is 5.11 Å². The summed E-state index contributed by atoms with van der Waals surface area (Å²) in [7, 11) is 1.92. The molecule has 2 aliphatic heterocycles. The van der Waals surface area contributed by atoms with Crippen molar-refractivity contribution in [3.8, 4) is 0 Å². The van der Waals surface area contributed by atoms with E-state index in [1.54, 1.807) is 0 Å². The molecule has 1 N–H and O–H groups in total. The smallest absolute Gasteiger partial charge is 0.0756 e. The molecule has 4 nitrogen and oxygen atoms in total. The van der Waals surface area contributed by atoms with Gasteiger partial charge in [-0.25, -0.2) is 0 Å². The van der Waals surface area contributed by atoms with Gasteiger partial charge >= 0.3 is 0 Å². The number of fused-ring (bicyclic) bond motifs is 2. The molecule has 0 aliphatic carbocycles. The van der Waals surface area contributed by atoms with Crippen LogP contribution in [0.25, 0.3) is 0 Å². The van der Waals surface area contributed by atoms with Crippen LogP contribution in [0.2, 0.25) is 0 Å². The maximum absolute atomic E-state index is 10.7. The van der Waals surface area contributed by atoms with Gasteiger partial charge in [-0.3, -0.25) is 4.68 Å². The third-order valence-electron chi connectivity index (χ3n) is 4.15. The van der Waals surface area contributed by atoms with Crippen LogP contribution in [0.3, 0.4) is 0 Å². The minimum atomic E-state index is -0.513. The zero-order chi connectivity index (χ0) is 11.2. The fourth-order valence-electron chi connectivity index (χ4n) is 3.13. The molecule has 88 valence electrons. The molecule has 0 saturated carbocycles. The molecule has 0 spiro atoms. The first kappa shape index (κ1) is 10.3. The number of rotatable bonds is 2. The van der Waals surface area contributed by atoms with Crippen LogP contribution in [0.4, 0.5) is 0 Å². The second-order valence-corrected chi connectivity index (χ2v) is 5.30. The van der Waals surface area contributed by atoms with Crippen molar-refractivity contribution >= 4 is 0 Å². The monoisotopic (exact) mass is 221 g/mol. The van der Waals surface area contributed by atoms with Crippen molar-refractivity contribution in [3.63, 3.8) is 0 Å². The number of hydrogen-bond donors (Lipinski definition) is 1. The topological polar surface area (TPSA) is 41.3 Å². The molecule has 2 saturated heterocycles. The van der Waals surface area contributed by atoms with Crippen LogP contribution >= 0.6 is 0 Å². The fraction of sp³-hybridized carbons (Fsp3) is 0.750. The third kappa shape index (κ3) is 1.66. The Balaban J connectivity index is 1.77. The van der Waals surface area contributed by atoms with Crippen LogP contribution in [0.5, 0.6) is 0 Å². The van der Waals surface area contributed by atoms with Crippen LogP contribution in [-0.4, -0.2) is 45.0 Å². The lowest BCUT2D eigenvalue weighted by molar-refractivity contribution is -0.0446. The van der Waals surface area contributed by atoms with E-state index in [1.807, 2.05) is 24.0 Å². The van der Waals surface area contributed by atoms with Crippen molar-refractivity contribution in [1.29, 1.82) is 0 Å². The summed E-state index contributed by atoms with van der Waals surface area (Å²) in [5, 5.41) is 15.1. The second kappa shape index (κ2) is 3.57. The molecule has 16 heavy (non-hydrogen) atoms. The largest absolute Gasteiger partial charge is 0.389 e. The predicted octanol–water partition coefficient (Wildman–Crippen LogP) is 0.419. The Morgan fingerprint density at radius 1 is 1.56 bits per heavy atom. The molecular formula is C12H19N3O. The summed E-state index contributed by atoms with van der Waals surface area (Å²) in [5.74, 6) is 0.447. The van der Waals surface area contributed by atoms with Crippen LogP contribution in [0.1, 0.15) is 18.5 Å². The Morgan fingerprint density at radius 3 is 3.19 bits per heavy atom. The molecule has 0 radical (unpaired) electrons. The SMILES string of the molecule is Cn1ccc(CC2(O)CCN3CCC2C3)n1. The minimum Gasteiger partial charge on any atom is -0.389 e. The Morgan fingerprint density at radius 2 is 2.44 bits per heavy atom. The van der Waals surface area contributed by atoms with Gasteiger partial charge in [0, 0.05) is 38.7 Å². The summed E-state index contributed by atoms with van der Waals surface area (Å²) in [6, 6.07) is 2.01. The molecule has 4 heteroatoms. The van der Waals surface area contributed by atoms with E-state index in [4.69, 9.17) is 0 Å². The lowest BCUT2D eigenvalue weighted by Gasteiger charge is -2.38. The van der Waals surface area contributed by atoms with Crippen LogP contribution < -0.4 is 0 Å². The van der Waals surface area contributed by atoms with Crippen LogP contribution in [0, 0.1) is 5.92 Å². The van der Waals surface area contributed by atoms with Gasteiger partial charge in [0.1, 0.15) is 0 Å². The quantitative estimate of drug-likeness (QED) is 0.787. The number of aryl methyl sites for hydroxylation is 1. The predicted molar refractivity (Wildman–Crippen MR) is 61.0 cm³/mol. The Kier molecular flexibility index (Phi) is 2.30. The molecule has 3 rings (SSSR count). The summed E-state index contributed by atoms with van der Waals surface area (Å²) >= 11 is 0. The molecule has 3 atom stereocenters. The lowest BCUT2D eigenvalue weighted by Crippen LogP contribution is -2.47. The summed E-state index contributed by atoms with van der Waals surface area (Å²) in [5.41, 5.74) is 0.506. The van der Waals surface area contributed by atoms with Gasteiger partial charge in [-0.05, 0) is 25.5 Å². The highest BCUT2D eigenvalue weighted by Crippen LogP contribution is 2.37. The van der Waals surface area contributed by atoms with E-state index in [0.717, 1.165) is 38.2 Å². The van der Waals surface area contributed by atoms with Gasteiger partial charge in [0.15, 0.2) is 0 Å². The summed E-state index contributed by atoms with van der Waals surface area (Å²) in [6.45, 7) is 3.28. The average molecular weight is 221 g/mol. The molecule has 2 bridgehead atoms. The van der Waals surface area contributed by atoms with E-state index in [2.05, 4.69) is 10.00 Å².